The SMILES string of the molecule is O=C(Cn1cnc(-c2ccccc2)cc1=O)ON1C(=O)c2ccccc2C1=O. The van der Waals surface area contributed by atoms with Crippen LogP contribution in [-0.4, -0.2) is 32.4 Å². The summed E-state index contributed by atoms with van der Waals surface area (Å²) in [4.78, 5) is 57.9. The van der Waals surface area contributed by atoms with Crippen LogP contribution in [0.2, 0.25) is 0 Å². The summed E-state index contributed by atoms with van der Waals surface area (Å²) in [5, 5.41) is 0.407. The summed E-state index contributed by atoms with van der Waals surface area (Å²) in [6.45, 7) is -0.492. The third-order valence-corrected chi connectivity index (χ3v) is 4.20. The van der Waals surface area contributed by atoms with E-state index in [0.717, 1.165) is 10.1 Å². The molecule has 0 saturated heterocycles. The quantitative estimate of drug-likeness (QED) is 0.643. The minimum absolute atomic E-state index is 0.159. The first-order chi connectivity index (χ1) is 13.5. The van der Waals surface area contributed by atoms with Crippen molar-refractivity contribution in [3.05, 3.63) is 88.5 Å². The summed E-state index contributed by atoms with van der Waals surface area (Å²) >= 11 is 0. The Hall–Kier alpha value is -4.07. The number of rotatable bonds is 4. The second kappa shape index (κ2) is 6.92. The van der Waals surface area contributed by atoms with Crippen LogP contribution in [0.15, 0.2) is 71.8 Å². The summed E-state index contributed by atoms with van der Waals surface area (Å²) in [5.41, 5.74) is 1.08. The van der Waals surface area contributed by atoms with E-state index >= 15 is 0 Å². The van der Waals surface area contributed by atoms with Gasteiger partial charge in [-0.3, -0.25) is 19.0 Å². The number of nitrogens with zero attached hydrogens (tertiary/aromatic N) is 3. The summed E-state index contributed by atoms with van der Waals surface area (Å²) in [5.74, 6) is -2.39. The van der Waals surface area contributed by atoms with Crippen molar-refractivity contribution < 1.29 is 19.2 Å². The number of aromatic nitrogens is 2. The first-order valence-electron chi connectivity index (χ1n) is 8.35. The third kappa shape index (κ3) is 3.07. The molecular weight excluding hydrogens is 362 g/mol. The fourth-order valence-corrected chi connectivity index (χ4v) is 2.83. The Morgan fingerprint density at radius 1 is 0.893 bits per heavy atom. The van der Waals surface area contributed by atoms with Crippen molar-refractivity contribution in [1.29, 1.82) is 0 Å². The molecule has 0 saturated carbocycles. The molecule has 0 N–H and O–H groups in total. The van der Waals surface area contributed by atoms with E-state index < -0.39 is 29.9 Å². The van der Waals surface area contributed by atoms with Crippen LogP contribution in [0.25, 0.3) is 11.3 Å². The van der Waals surface area contributed by atoms with E-state index in [1.807, 2.05) is 30.3 Å². The molecule has 2 heterocycles. The Morgan fingerprint density at radius 2 is 1.50 bits per heavy atom. The number of benzene rings is 2. The molecule has 1 aliphatic rings. The van der Waals surface area contributed by atoms with Gasteiger partial charge in [-0.25, -0.2) is 9.78 Å². The second-order valence-corrected chi connectivity index (χ2v) is 6.02. The fraction of sp³-hybridized carbons (Fsp3) is 0.0500. The molecule has 8 heteroatoms. The van der Waals surface area contributed by atoms with Gasteiger partial charge in [0.1, 0.15) is 6.54 Å². The average Bonchev–Trinajstić information content (AvgIpc) is 2.95. The van der Waals surface area contributed by atoms with Gasteiger partial charge in [0, 0.05) is 11.6 Å². The maximum Gasteiger partial charge on any atom is 0.352 e. The molecule has 138 valence electrons. The zero-order valence-corrected chi connectivity index (χ0v) is 14.4. The molecule has 0 radical (unpaired) electrons. The van der Waals surface area contributed by atoms with Crippen LogP contribution in [-0.2, 0) is 16.2 Å². The molecule has 1 aromatic heterocycles. The summed E-state index contributed by atoms with van der Waals surface area (Å²) < 4.78 is 1.03. The van der Waals surface area contributed by atoms with E-state index in [2.05, 4.69) is 4.98 Å². The highest BCUT2D eigenvalue weighted by atomic mass is 16.7. The van der Waals surface area contributed by atoms with Crippen LogP contribution in [0.3, 0.4) is 0 Å². The van der Waals surface area contributed by atoms with Gasteiger partial charge in [-0.05, 0) is 12.1 Å². The van der Waals surface area contributed by atoms with Crippen LogP contribution in [0.4, 0.5) is 0 Å². The van der Waals surface area contributed by atoms with Crippen LogP contribution in [0.1, 0.15) is 20.7 Å². The van der Waals surface area contributed by atoms with Crippen molar-refractivity contribution >= 4 is 17.8 Å². The Morgan fingerprint density at radius 3 is 2.11 bits per heavy atom. The Labute approximate surface area is 158 Å². The van der Waals surface area contributed by atoms with Crippen molar-refractivity contribution in [2.75, 3.05) is 0 Å². The summed E-state index contributed by atoms with van der Waals surface area (Å²) in [6, 6.07) is 16.6. The number of imide groups is 1. The van der Waals surface area contributed by atoms with Crippen molar-refractivity contribution in [2.24, 2.45) is 0 Å². The number of hydrogen-bond acceptors (Lipinski definition) is 6. The molecule has 4 rings (SSSR count). The van der Waals surface area contributed by atoms with E-state index in [9.17, 15) is 19.2 Å². The second-order valence-electron chi connectivity index (χ2n) is 6.02. The van der Waals surface area contributed by atoms with E-state index in [4.69, 9.17) is 4.84 Å². The largest absolute Gasteiger partial charge is 0.352 e. The first-order valence-corrected chi connectivity index (χ1v) is 8.35. The first kappa shape index (κ1) is 17.3. The molecule has 2 aromatic carbocycles. The predicted octanol–water partition coefficient (Wildman–Crippen LogP) is 1.66. The van der Waals surface area contributed by atoms with Gasteiger partial charge >= 0.3 is 5.97 Å². The lowest BCUT2D eigenvalue weighted by molar-refractivity contribution is -0.169. The third-order valence-electron chi connectivity index (χ3n) is 4.20. The highest BCUT2D eigenvalue weighted by molar-refractivity contribution is 6.20. The van der Waals surface area contributed by atoms with Crippen molar-refractivity contribution in [1.82, 2.24) is 14.6 Å². The van der Waals surface area contributed by atoms with Crippen LogP contribution in [0, 0.1) is 0 Å². The number of amides is 2. The summed E-state index contributed by atoms with van der Waals surface area (Å²) in [6.07, 6.45) is 1.22. The van der Waals surface area contributed by atoms with Gasteiger partial charge in [0.2, 0.25) is 0 Å². The minimum atomic E-state index is -0.939. The molecule has 0 atom stereocenters. The van der Waals surface area contributed by atoms with Gasteiger partial charge in [-0.1, -0.05) is 47.5 Å². The van der Waals surface area contributed by atoms with Gasteiger partial charge in [-0.15, -0.1) is 0 Å². The number of fused-ring (bicyclic) bond motifs is 1. The molecule has 0 aliphatic carbocycles. The molecule has 0 bridgehead atoms. The topological polar surface area (TPSA) is 98.6 Å². The zero-order chi connectivity index (χ0) is 19.7. The highest BCUT2D eigenvalue weighted by Gasteiger charge is 2.38. The fourth-order valence-electron chi connectivity index (χ4n) is 2.83. The Bertz CT molecular complexity index is 1120. The van der Waals surface area contributed by atoms with Gasteiger partial charge < -0.3 is 4.84 Å². The standard InChI is InChI=1S/C20H13N3O5/c24-17-10-16(13-6-2-1-3-7-13)21-12-22(17)11-18(25)28-23-19(26)14-8-4-5-9-15(14)20(23)27/h1-10,12H,11H2. The molecule has 28 heavy (non-hydrogen) atoms. The molecule has 0 spiro atoms. The monoisotopic (exact) mass is 375 g/mol. The number of carbonyl (C=O) groups is 3. The molecule has 0 unspecified atom stereocenters. The Balaban J connectivity index is 1.48. The number of carbonyl (C=O) groups excluding carboxylic acids is 3. The molecule has 2 amide bonds. The maximum atomic E-state index is 12.3. The lowest BCUT2D eigenvalue weighted by atomic mass is 10.1. The number of hydroxylamine groups is 2. The lowest BCUT2D eigenvalue weighted by Gasteiger charge is -2.13. The molecule has 3 aromatic rings. The van der Waals surface area contributed by atoms with E-state index in [1.165, 1.54) is 24.5 Å². The van der Waals surface area contributed by atoms with Crippen molar-refractivity contribution in [3.8, 4) is 11.3 Å². The molecule has 1 aliphatic heterocycles. The van der Waals surface area contributed by atoms with E-state index in [1.54, 1.807) is 12.1 Å². The number of hydrogen-bond donors (Lipinski definition) is 0. The molecule has 0 fully saturated rings. The van der Waals surface area contributed by atoms with Gasteiger partial charge in [0.15, 0.2) is 0 Å². The van der Waals surface area contributed by atoms with Crippen LogP contribution in [0.5, 0.6) is 0 Å². The zero-order valence-electron chi connectivity index (χ0n) is 14.4. The smallest absolute Gasteiger partial charge is 0.328 e. The predicted molar refractivity (Wildman–Crippen MR) is 97.0 cm³/mol. The van der Waals surface area contributed by atoms with E-state index in [-0.39, 0.29) is 11.1 Å². The normalized spacial score (nSPS) is 12.8. The minimum Gasteiger partial charge on any atom is -0.328 e. The molecule has 8 nitrogen and oxygen atoms in total. The highest BCUT2D eigenvalue weighted by Crippen LogP contribution is 2.22. The van der Waals surface area contributed by atoms with Crippen LogP contribution < -0.4 is 5.56 Å². The van der Waals surface area contributed by atoms with Crippen molar-refractivity contribution in [2.45, 2.75) is 6.54 Å². The summed E-state index contributed by atoms with van der Waals surface area (Å²) in [7, 11) is 0. The Kier molecular flexibility index (Phi) is 4.29. The van der Waals surface area contributed by atoms with Crippen LogP contribution >= 0.6 is 0 Å². The van der Waals surface area contributed by atoms with E-state index in [0.29, 0.717) is 10.8 Å². The van der Waals surface area contributed by atoms with Gasteiger partial charge in [0.25, 0.3) is 17.4 Å². The van der Waals surface area contributed by atoms with Gasteiger partial charge in [-0.2, -0.15) is 0 Å². The maximum absolute atomic E-state index is 12.3. The van der Waals surface area contributed by atoms with Gasteiger partial charge in [0.05, 0.1) is 23.1 Å². The lowest BCUT2D eigenvalue weighted by Crippen LogP contribution is -2.35. The average molecular weight is 375 g/mol. The van der Waals surface area contributed by atoms with Crippen molar-refractivity contribution in [3.63, 3.8) is 0 Å². The molecular formula is C20H13N3O5.